The molecule has 3 aromatic rings. The second-order valence-corrected chi connectivity index (χ2v) is 14.6. The Morgan fingerprint density at radius 2 is 1.77 bits per heavy atom. The summed E-state index contributed by atoms with van der Waals surface area (Å²) in [6.45, 7) is 9.15. The second kappa shape index (κ2) is 13.3. The average molecular weight is 628 g/mol. The average Bonchev–Trinajstić information content (AvgIpc) is 3.48. The van der Waals surface area contributed by atoms with Crippen LogP contribution in [0.15, 0.2) is 41.8 Å². The van der Waals surface area contributed by atoms with Gasteiger partial charge >= 0.3 is 5.97 Å². The third-order valence-electron chi connectivity index (χ3n) is 8.33. The van der Waals surface area contributed by atoms with Crippen LogP contribution in [0.2, 0.25) is 0 Å². The number of anilines is 1. The Morgan fingerprint density at radius 3 is 2.42 bits per heavy atom. The highest BCUT2D eigenvalue weighted by atomic mass is 32.2. The van der Waals surface area contributed by atoms with Crippen LogP contribution >= 0.6 is 11.3 Å². The van der Waals surface area contributed by atoms with E-state index in [4.69, 9.17) is 9.72 Å². The van der Waals surface area contributed by atoms with Crippen LogP contribution in [-0.2, 0) is 28.2 Å². The first-order chi connectivity index (χ1) is 20.5. The van der Waals surface area contributed by atoms with Gasteiger partial charge in [0.2, 0.25) is 0 Å². The molecule has 2 aromatic carbocycles. The van der Waals surface area contributed by atoms with E-state index >= 15 is 0 Å². The first-order valence-corrected chi connectivity index (χ1v) is 16.9. The number of rotatable bonds is 10. The number of aromatic nitrogens is 1. The number of ether oxygens (including phenoxy) is 1. The normalized spacial score (nSPS) is 17.5. The van der Waals surface area contributed by atoms with Crippen molar-refractivity contribution in [1.82, 2.24) is 18.5 Å². The maximum atomic E-state index is 12.4. The van der Waals surface area contributed by atoms with E-state index < -0.39 is 16.2 Å². The summed E-state index contributed by atoms with van der Waals surface area (Å²) in [6.07, 6.45) is 1.28. The molecule has 0 radical (unpaired) electrons. The lowest BCUT2D eigenvalue weighted by atomic mass is 9.97. The minimum Gasteiger partial charge on any atom is -0.488 e. The number of aliphatic carboxylic acids is 1. The highest BCUT2D eigenvalue weighted by Gasteiger charge is 2.29. The molecule has 10 nitrogen and oxygen atoms in total. The smallest absolute Gasteiger partial charge is 0.306 e. The summed E-state index contributed by atoms with van der Waals surface area (Å²) >= 11 is 1.58. The molecule has 0 bridgehead atoms. The first-order valence-electron chi connectivity index (χ1n) is 14.7. The van der Waals surface area contributed by atoms with E-state index in [1.54, 1.807) is 29.7 Å². The molecule has 43 heavy (non-hydrogen) atoms. The minimum atomic E-state index is -3.37. The summed E-state index contributed by atoms with van der Waals surface area (Å²) < 4.78 is 34.0. The van der Waals surface area contributed by atoms with Crippen LogP contribution in [0, 0.1) is 19.8 Å². The fourth-order valence-corrected chi connectivity index (χ4v) is 7.57. The van der Waals surface area contributed by atoms with E-state index in [0.29, 0.717) is 58.7 Å². The number of hydrogen-bond donors (Lipinski definition) is 1. The molecule has 1 aromatic heterocycles. The van der Waals surface area contributed by atoms with Crippen molar-refractivity contribution in [3.63, 3.8) is 0 Å². The predicted molar refractivity (Wildman–Crippen MR) is 170 cm³/mol. The summed E-state index contributed by atoms with van der Waals surface area (Å²) in [5.41, 5.74) is 6.40. The van der Waals surface area contributed by atoms with Crippen molar-refractivity contribution in [2.45, 2.75) is 39.8 Å². The molecule has 1 N–H and O–H groups in total. The number of piperazine rings is 1. The Balaban J connectivity index is 1.20. The van der Waals surface area contributed by atoms with Crippen LogP contribution < -0.4 is 9.64 Å². The summed E-state index contributed by atoms with van der Waals surface area (Å²) in [4.78, 5) is 20.7. The lowest BCUT2D eigenvalue weighted by Crippen LogP contribution is -2.51. The number of carboxylic acids is 1. The highest BCUT2D eigenvalue weighted by molar-refractivity contribution is 7.86. The molecule has 2 aliphatic heterocycles. The third-order valence-corrected chi connectivity index (χ3v) is 11.2. The molecular formula is C31H41N5O5S2. The standard InChI is InChI=1S/C31H41N5O5S2/c1-22-5-8-29(27(17-22)28-21-42-31(32-28)35-11-9-25(10-12-35)30(37)38)41-20-26-7-6-24(18-23(26)2)19-34-13-15-36(16-14-34)43(39,40)33(3)4/h5-8,17-18,21,25H,9-16,19-20H2,1-4H3,(H,37,38). The predicted octanol–water partition coefficient (Wildman–Crippen LogP) is 4.23. The van der Waals surface area contributed by atoms with E-state index in [1.165, 1.54) is 9.87 Å². The fourth-order valence-electron chi connectivity index (χ4n) is 5.60. The van der Waals surface area contributed by atoms with Crippen LogP contribution in [0.4, 0.5) is 5.13 Å². The monoisotopic (exact) mass is 627 g/mol. The van der Waals surface area contributed by atoms with Gasteiger partial charge < -0.3 is 14.7 Å². The third kappa shape index (κ3) is 7.38. The van der Waals surface area contributed by atoms with E-state index in [2.05, 4.69) is 53.3 Å². The largest absolute Gasteiger partial charge is 0.488 e. The van der Waals surface area contributed by atoms with Crippen molar-refractivity contribution in [2.75, 3.05) is 58.3 Å². The molecule has 3 heterocycles. The molecule has 2 aliphatic rings. The number of aryl methyl sites for hydroxylation is 2. The SMILES string of the molecule is Cc1ccc(OCc2ccc(CN3CCN(S(=O)(=O)N(C)C)CC3)cc2C)c(-c2csc(N3CCC(C(=O)O)CC3)n2)c1. The van der Waals surface area contributed by atoms with Gasteiger partial charge in [-0.2, -0.15) is 17.0 Å². The topological polar surface area (TPSA) is 107 Å². The molecule has 0 spiro atoms. The zero-order valence-corrected chi connectivity index (χ0v) is 27.0. The van der Waals surface area contributed by atoms with Crippen molar-refractivity contribution in [3.05, 3.63) is 64.0 Å². The molecule has 0 atom stereocenters. The molecule has 2 fully saturated rings. The van der Waals surface area contributed by atoms with Crippen molar-refractivity contribution in [2.24, 2.45) is 5.92 Å². The van der Waals surface area contributed by atoms with Gasteiger partial charge in [0.15, 0.2) is 5.13 Å². The van der Waals surface area contributed by atoms with Gasteiger partial charge in [-0.1, -0.05) is 29.8 Å². The Hall–Kier alpha value is -3.03. The lowest BCUT2D eigenvalue weighted by molar-refractivity contribution is -0.142. The van der Waals surface area contributed by atoms with E-state index in [0.717, 1.165) is 45.4 Å². The zero-order valence-electron chi connectivity index (χ0n) is 25.3. The van der Waals surface area contributed by atoms with E-state index in [9.17, 15) is 18.3 Å². The van der Waals surface area contributed by atoms with Gasteiger partial charge in [0.1, 0.15) is 12.4 Å². The Kier molecular flexibility index (Phi) is 9.72. The molecule has 0 aliphatic carbocycles. The number of nitrogens with zero attached hydrogens (tertiary/aromatic N) is 5. The van der Waals surface area contributed by atoms with E-state index in [-0.39, 0.29) is 5.92 Å². The molecule has 5 rings (SSSR count). The lowest BCUT2D eigenvalue weighted by Gasteiger charge is -2.35. The van der Waals surface area contributed by atoms with Gasteiger partial charge in [-0.25, -0.2) is 4.98 Å². The van der Waals surface area contributed by atoms with E-state index in [1.807, 2.05) is 12.1 Å². The Labute approximate surface area is 258 Å². The number of carbonyl (C=O) groups is 1. The number of hydrogen-bond acceptors (Lipinski definition) is 8. The Bertz CT molecular complexity index is 1540. The van der Waals surface area contributed by atoms with Gasteiger partial charge in [-0.3, -0.25) is 9.69 Å². The van der Waals surface area contributed by atoms with Crippen LogP contribution in [0.3, 0.4) is 0 Å². The molecule has 2 saturated heterocycles. The van der Waals surface area contributed by atoms with Crippen molar-refractivity contribution in [1.29, 1.82) is 0 Å². The van der Waals surface area contributed by atoms with Crippen molar-refractivity contribution >= 4 is 32.6 Å². The van der Waals surface area contributed by atoms with Gasteiger partial charge in [0, 0.05) is 70.9 Å². The van der Waals surface area contributed by atoms with Crippen LogP contribution in [0.5, 0.6) is 5.75 Å². The quantitative estimate of drug-likeness (QED) is 0.356. The van der Waals surface area contributed by atoms with Gasteiger partial charge in [0.25, 0.3) is 10.2 Å². The minimum absolute atomic E-state index is 0.269. The molecule has 12 heteroatoms. The van der Waals surface area contributed by atoms with Crippen LogP contribution in [0.1, 0.15) is 35.1 Å². The van der Waals surface area contributed by atoms with Gasteiger partial charge in [-0.05, 0) is 55.5 Å². The molecule has 0 unspecified atom stereocenters. The zero-order chi connectivity index (χ0) is 30.7. The summed E-state index contributed by atoms with van der Waals surface area (Å²) in [7, 11) is -0.226. The molecule has 0 saturated carbocycles. The highest BCUT2D eigenvalue weighted by Crippen LogP contribution is 2.36. The van der Waals surface area contributed by atoms with Gasteiger partial charge in [0.05, 0.1) is 11.6 Å². The van der Waals surface area contributed by atoms with Gasteiger partial charge in [-0.15, -0.1) is 11.3 Å². The first kappa shape index (κ1) is 31.4. The molecule has 0 amide bonds. The number of piperidine rings is 1. The summed E-state index contributed by atoms with van der Waals surface area (Å²) in [6, 6.07) is 12.6. The fraction of sp³-hybridized carbons (Fsp3) is 0.484. The molecule has 232 valence electrons. The molecular weight excluding hydrogens is 587 g/mol. The maximum absolute atomic E-state index is 12.4. The Morgan fingerprint density at radius 1 is 1.05 bits per heavy atom. The summed E-state index contributed by atoms with van der Waals surface area (Å²) in [5, 5.41) is 12.3. The maximum Gasteiger partial charge on any atom is 0.306 e. The van der Waals surface area contributed by atoms with Crippen molar-refractivity contribution < 1.29 is 23.1 Å². The van der Waals surface area contributed by atoms with Crippen molar-refractivity contribution in [3.8, 4) is 17.0 Å². The van der Waals surface area contributed by atoms with Crippen LogP contribution in [-0.4, -0.2) is 91.4 Å². The number of thiazole rings is 1. The summed E-state index contributed by atoms with van der Waals surface area (Å²) in [5.74, 6) is -0.198. The number of carboxylic acid groups (broad SMARTS) is 1. The second-order valence-electron chi connectivity index (χ2n) is 11.6. The number of benzene rings is 2. The van der Waals surface area contributed by atoms with Crippen LogP contribution in [0.25, 0.3) is 11.3 Å².